The molecule has 0 atom stereocenters. The minimum Gasteiger partial charge on any atom is -0.871 e. The fourth-order valence-corrected chi connectivity index (χ4v) is 11.7. The maximum absolute atomic E-state index is 15.0. The Balaban J connectivity index is 1.29. The van der Waals surface area contributed by atoms with Gasteiger partial charge in [-0.3, -0.25) is 14.4 Å². The molecule has 0 saturated heterocycles. The van der Waals surface area contributed by atoms with Crippen LogP contribution in [-0.2, 0) is 14.4 Å². The molecule has 11 nitrogen and oxygen atoms in total. The molecular formula is C60H70N6O5. The largest absolute Gasteiger partial charge is 0.871 e. The van der Waals surface area contributed by atoms with Gasteiger partial charge in [-0.15, -0.1) is 0 Å². The van der Waals surface area contributed by atoms with Crippen LogP contribution in [0.15, 0.2) is 84.3 Å². The lowest BCUT2D eigenvalue weighted by Crippen LogP contribution is -2.96. The lowest BCUT2D eigenvalue weighted by atomic mass is 9.78. The van der Waals surface area contributed by atoms with Crippen molar-refractivity contribution in [3.05, 3.63) is 117 Å². The molecule has 0 fully saturated rings. The lowest BCUT2D eigenvalue weighted by Gasteiger charge is -2.37. The van der Waals surface area contributed by atoms with Crippen molar-refractivity contribution in [3.63, 3.8) is 0 Å². The summed E-state index contributed by atoms with van der Waals surface area (Å²) in [6.45, 7) is 25.7. The van der Waals surface area contributed by atoms with Crippen molar-refractivity contribution < 1.29 is 34.6 Å². The summed E-state index contributed by atoms with van der Waals surface area (Å²) in [6.07, 6.45) is 3.58. The number of Topliss-reactive ketones (excluding diaryl/α,β-unsaturated/α-hetero) is 2. The van der Waals surface area contributed by atoms with Gasteiger partial charge in [0.2, 0.25) is 27.9 Å². The minimum absolute atomic E-state index is 0.0125. The second kappa shape index (κ2) is 18.1. The fourth-order valence-electron chi connectivity index (χ4n) is 11.7. The first-order valence-electron chi connectivity index (χ1n) is 25.8. The van der Waals surface area contributed by atoms with E-state index in [9.17, 15) is 14.7 Å². The number of nitrogens with one attached hydrogen (secondary N) is 6. The van der Waals surface area contributed by atoms with Gasteiger partial charge in [0.25, 0.3) is 0 Å². The molecule has 5 aromatic rings. The van der Waals surface area contributed by atoms with Crippen molar-refractivity contribution >= 4 is 84.1 Å². The zero-order valence-electron chi connectivity index (χ0n) is 43.5. The van der Waals surface area contributed by atoms with Gasteiger partial charge in [-0.2, -0.15) is 0 Å². The number of anilines is 4. The fraction of sp³-hybridized carbons (Fsp3) is 0.417. The van der Waals surface area contributed by atoms with Crippen LogP contribution in [0.4, 0.5) is 22.7 Å². The Morgan fingerprint density at radius 1 is 0.634 bits per heavy atom. The van der Waals surface area contributed by atoms with Gasteiger partial charge in [0.15, 0.2) is 11.6 Å². The predicted molar refractivity (Wildman–Crippen MR) is 281 cm³/mol. The van der Waals surface area contributed by atoms with Gasteiger partial charge in [0.05, 0.1) is 38.3 Å². The standard InChI is InChI=1S/C60H70N6O5/c1-13-58(11,12)57(71)62-43-26-37(61-14-2)21-25-38(43)46-53(67)48(54(46)68)40-23-19-36-20-24-41(52-45(36)51(40)65-60(66-52,29-33(7)8)30-34(9)10)49-55(69)47(56(49)70)39-22-18-35-16-15-17-42-44(35)50(39)64-59(63-42,27-31(3)4)28-32(5)6/h15-26,31-34,61,63,66-67,69H,13-14,27-30H2,1-12H3,(H,62,71)/b47-39-,48-40-. The normalized spacial score (nSPS) is 18.4. The highest BCUT2D eigenvalue weighted by molar-refractivity contribution is 6.53. The first-order chi connectivity index (χ1) is 33.6. The molecule has 11 heteroatoms. The maximum Gasteiger partial charge on any atom is 0.235 e. The highest BCUT2D eigenvalue weighted by Gasteiger charge is 2.45. The number of hydrogen-bond donors (Lipinski definition) is 6. The molecule has 0 bridgehead atoms. The summed E-state index contributed by atoms with van der Waals surface area (Å²) in [7, 11) is 0. The molecular weight excluding hydrogens is 885 g/mol. The van der Waals surface area contributed by atoms with Crippen molar-refractivity contribution in [2.45, 2.75) is 127 Å². The molecule has 0 radical (unpaired) electrons. The van der Waals surface area contributed by atoms with E-state index in [1.165, 1.54) is 0 Å². The van der Waals surface area contributed by atoms with Gasteiger partial charge in [0, 0.05) is 76.7 Å². The number of benzene rings is 5. The summed E-state index contributed by atoms with van der Waals surface area (Å²) in [5.41, 5.74) is 1.97. The highest BCUT2D eigenvalue weighted by Crippen LogP contribution is 2.43. The molecule has 0 unspecified atom stereocenters. The summed E-state index contributed by atoms with van der Waals surface area (Å²) in [6, 6.07) is 22.9. The average molecular weight is 955 g/mol. The van der Waals surface area contributed by atoms with Crippen LogP contribution in [0.1, 0.15) is 126 Å². The van der Waals surface area contributed by atoms with Gasteiger partial charge in [-0.1, -0.05) is 130 Å². The number of ketones is 2. The first kappa shape index (κ1) is 49.2. The Kier molecular flexibility index (Phi) is 12.6. The van der Waals surface area contributed by atoms with E-state index in [-0.39, 0.29) is 51.6 Å². The number of carbonyl (C=O) groups is 3. The molecule has 370 valence electrons. The topological polar surface area (TPSA) is 173 Å². The molecule has 0 aromatic heterocycles. The van der Waals surface area contributed by atoms with E-state index in [2.05, 4.69) is 98.8 Å². The molecule has 6 N–H and O–H groups in total. The average Bonchev–Trinajstić information content (AvgIpc) is 3.28. The smallest absolute Gasteiger partial charge is 0.235 e. The first-order valence-corrected chi connectivity index (χ1v) is 25.8. The molecule has 4 aliphatic rings. The monoisotopic (exact) mass is 955 g/mol. The Labute approximate surface area is 417 Å². The Hall–Kier alpha value is -6.75. The van der Waals surface area contributed by atoms with Crippen LogP contribution >= 0.6 is 0 Å². The van der Waals surface area contributed by atoms with Crippen molar-refractivity contribution in [1.29, 1.82) is 0 Å². The second-order valence-electron chi connectivity index (χ2n) is 22.8. The van der Waals surface area contributed by atoms with Gasteiger partial charge < -0.3 is 31.5 Å². The van der Waals surface area contributed by atoms with Crippen LogP contribution in [0.3, 0.4) is 0 Å². The van der Waals surface area contributed by atoms with Crippen LogP contribution < -0.4 is 62.6 Å². The molecule has 2 heterocycles. The Morgan fingerprint density at radius 3 is 1.65 bits per heavy atom. The number of carbonyl (C=O) groups excluding carboxylic acids is 3. The predicted octanol–water partition coefficient (Wildman–Crippen LogP) is 4.64. The van der Waals surface area contributed by atoms with Gasteiger partial charge in [-0.25, -0.2) is 9.98 Å². The molecule has 71 heavy (non-hydrogen) atoms. The van der Waals surface area contributed by atoms with Crippen molar-refractivity contribution in [3.8, 4) is 0 Å². The number of allylic oxidation sites excluding steroid dienone is 4. The number of amides is 1. The molecule has 9 rings (SSSR count). The van der Waals surface area contributed by atoms with Gasteiger partial charge in [-0.05, 0) is 78.1 Å². The SMILES string of the molecule is CCNc1ccc(C2=C([O-])/C(=c3\ccc4ccc(C5=C([O-])/C(=c6\ccc7cccc8c7c6=[NH+]C(CC(C)C)(CC(C)C)N8)C5=O)c5c4c3=[NH+]C(CC(C)C)(CC(C)C)N5)C2=O)c(NC(=O)C(C)(C)CC)c1. The molecule has 0 spiro atoms. The zero-order valence-corrected chi connectivity index (χ0v) is 43.5. The van der Waals surface area contributed by atoms with Crippen LogP contribution in [-0.4, -0.2) is 35.3 Å². The highest BCUT2D eigenvalue weighted by atomic mass is 16.3. The Morgan fingerprint density at radius 2 is 1.13 bits per heavy atom. The number of rotatable bonds is 15. The zero-order chi connectivity index (χ0) is 51.1. The van der Waals surface area contributed by atoms with Crippen LogP contribution in [0.5, 0.6) is 0 Å². The third-order valence-corrected chi connectivity index (χ3v) is 14.8. The molecule has 2 aliphatic heterocycles. The van der Waals surface area contributed by atoms with Crippen molar-refractivity contribution in [2.24, 2.45) is 29.1 Å². The second-order valence-corrected chi connectivity index (χ2v) is 22.8. The van der Waals surface area contributed by atoms with E-state index in [0.29, 0.717) is 81.3 Å². The van der Waals surface area contributed by atoms with E-state index in [1.54, 1.807) is 12.1 Å². The maximum atomic E-state index is 15.0. The third-order valence-electron chi connectivity index (χ3n) is 14.8. The van der Waals surface area contributed by atoms with E-state index in [4.69, 9.17) is 0 Å². The molecule has 2 aliphatic carbocycles. The van der Waals surface area contributed by atoms with Crippen LogP contribution in [0.2, 0.25) is 0 Å². The molecule has 0 saturated carbocycles. The minimum atomic E-state index is -0.780. The summed E-state index contributed by atoms with van der Waals surface area (Å²) in [4.78, 5) is 51.0. The molecule has 5 aromatic carbocycles. The number of hydrogen-bond acceptors (Lipinski definition) is 8. The van der Waals surface area contributed by atoms with Crippen molar-refractivity contribution in [1.82, 2.24) is 0 Å². The third kappa shape index (κ3) is 8.48. The summed E-state index contributed by atoms with van der Waals surface area (Å²) in [5.74, 6) is -0.558. The van der Waals surface area contributed by atoms with E-state index in [0.717, 1.165) is 45.7 Å². The summed E-state index contributed by atoms with van der Waals surface area (Å²) < 4.78 is 0. The van der Waals surface area contributed by atoms with Gasteiger partial charge >= 0.3 is 0 Å². The summed E-state index contributed by atoms with van der Waals surface area (Å²) >= 11 is 0. The van der Waals surface area contributed by atoms with Crippen molar-refractivity contribution in [2.75, 3.05) is 27.8 Å². The summed E-state index contributed by atoms with van der Waals surface area (Å²) in [5, 5.41) is 49.7. The van der Waals surface area contributed by atoms with E-state index in [1.807, 2.05) is 76.2 Å². The van der Waals surface area contributed by atoms with Gasteiger partial charge in [0.1, 0.15) is 0 Å². The van der Waals surface area contributed by atoms with E-state index >= 15 is 9.90 Å². The Bertz CT molecular complexity index is 3410. The van der Waals surface area contributed by atoms with E-state index < -0.39 is 28.3 Å². The van der Waals surface area contributed by atoms with Crippen LogP contribution in [0.25, 0.3) is 43.8 Å². The molecule has 1 amide bonds. The quantitative estimate of drug-likeness (QED) is 0.0882. The lowest BCUT2D eigenvalue weighted by molar-refractivity contribution is -0.589. The van der Waals surface area contributed by atoms with Crippen LogP contribution in [0, 0.1) is 29.1 Å².